The molecule has 1 nitrogen and oxygen atoms in total. The molecule has 0 aliphatic heterocycles. The number of ether oxygens (including phenoxy) is 1. The predicted molar refractivity (Wildman–Crippen MR) is 60.3 cm³/mol. The van der Waals surface area contributed by atoms with Crippen LogP contribution < -0.4 is 0 Å². The molecule has 0 saturated heterocycles. The molecule has 1 aromatic rings. The summed E-state index contributed by atoms with van der Waals surface area (Å²) >= 11 is 0. The van der Waals surface area contributed by atoms with Crippen molar-refractivity contribution < 1.29 is 4.74 Å². The van der Waals surface area contributed by atoms with E-state index in [1.165, 1.54) is 16.7 Å². The Morgan fingerprint density at radius 3 is 2.43 bits per heavy atom. The second kappa shape index (κ2) is 5.61. The van der Waals surface area contributed by atoms with Crippen molar-refractivity contribution in [1.29, 1.82) is 0 Å². The fourth-order valence-electron chi connectivity index (χ4n) is 1.37. The summed E-state index contributed by atoms with van der Waals surface area (Å²) in [6.07, 6.45) is 3.25. The Morgan fingerprint density at radius 2 is 1.86 bits per heavy atom. The van der Waals surface area contributed by atoms with Crippen LogP contribution in [0.15, 0.2) is 35.9 Å². The highest BCUT2D eigenvalue weighted by atomic mass is 16.5. The zero-order chi connectivity index (χ0) is 10.4. The summed E-state index contributed by atoms with van der Waals surface area (Å²) in [7, 11) is 1.73. The average Bonchev–Trinajstić information content (AvgIpc) is 2.17. The molecule has 0 saturated carbocycles. The largest absolute Gasteiger partial charge is 0.380 e. The van der Waals surface area contributed by atoms with Gasteiger partial charge in [0.15, 0.2) is 0 Å². The summed E-state index contributed by atoms with van der Waals surface area (Å²) in [6, 6.07) is 8.42. The monoisotopic (exact) mass is 190 g/mol. The first-order valence-electron chi connectivity index (χ1n) is 4.93. The van der Waals surface area contributed by atoms with Crippen molar-refractivity contribution in [2.75, 3.05) is 7.11 Å². The smallest absolute Gasteiger partial charge is 0.0715 e. The van der Waals surface area contributed by atoms with E-state index in [1.807, 2.05) is 0 Å². The highest BCUT2D eigenvalue weighted by Gasteiger charge is 1.98. The van der Waals surface area contributed by atoms with Crippen molar-refractivity contribution in [3.8, 4) is 0 Å². The van der Waals surface area contributed by atoms with Crippen LogP contribution >= 0.6 is 0 Å². The normalized spacial score (nSPS) is 9.93. The topological polar surface area (TPSA) is 9.23 Å². The fourth-order valence-corrected chi connectivity index (χ4v) is 1.37. The second-order valence-electron chi connectivity index (χ2n) is 3.69. The zero-order valence-electron chi connectivity index (χ0n) is 9.21. The van der Waals surface area contributed by atoms with Crippen LogP contribution in [0.1, 0.15) is 25.0 Å². The molecule has 0 atom stereocenters. The van der Waals surface area contributed by atoms with Crippen molar-refractivity contribution in [3.05, 3.63) is 47.0 Å². The molecule has 14 heavy (non-hydrogen) atoms. The van der Waals surface area contributed by atoms with Crippen LogP contribution in [0, 0.1) is 0 Å². The third kappa shape index (κ3) is 3.35. The van der Waals surface area contributed by atoms with Gasteiger partial charge in [0.2, 0.25) is 0 Å². The van der Waals surface area contributed by atoms with Gasteiger partial charge < -0.3 is 4.74 Å². The van der Waals surface area contributed by atoms with Crippen molar-refractivity contribution >= 4 is 0 Å². The summed E-state index contributed by atoms with van der Waals surface area (Å²) in [5.74, 6) is 0. The van der Waals surface area contributed by atoms with Crippen LogP contribution in [0.2, 0.25) is 0 Å². The maximum Gasteiger partial charge on any atom is 0.0715 e. The Bertz CT molecular complexity index is 309. The summed E-state index contributed by atoms with van der Waals surface area (Å²) < 4.78 is 5.15. The molecule has 0 fully saturated rings. The molecule has 0 aliphatic carbocycles. The summed E-state index contributed by atoms with van der Waals surface area (Å²) in [6.45, 7) is 4.95. The van der Waals surface area contributed by atoms with Crippen LogP contribution in [0.5, 0.6) is 0 Å². The Kier molecular flexibility index (Phi) is 4.41. The van der Waals surface area contributed by atoms with E-state index in [2.05, 4.69) is 44.2 Å². The molecule has 1 aromatic carbocycles. The highest BCUT2D eigenvalue weighted by Crippen LogP contribution is 2.11. The molecular weight excluding hydrogens is 172 g/mol. The van der Waals surface area contributed by atoms with Crippen LogP contribution in [-0.2, 0) is 17.8 Å². The molecular formula is C13H18O. The van der Waals surface area contributed by atoms with E-state index in [0.29, 0.717) is 6.61 Å². The Hall–Kier alpha value is -1.08. The minimum Gasteiger partial charge on any atom is -0.380 e. The van der Waals surface area contributed by atoms with Gasteiger partial charge in [-0.15, -0.1) is 0 Å². The lowest BCUT2D eigenvalue weighted by atomic mass is 10.0. The third-order valence-electron chi connectivity index (χ3n) is 2.15. The van der Waals surface area contributed by atoms with Crippen LogP contribution in [0.25, 0.3) is 0 Å². The molecule has 0 aromatic heterocycles. The zero-order valence-corrected chi connectivity index (χ0v) is 9.21. The highest BCUT2D eigenvalue weighted by molar-refractivity contribution is 5.28. The van der Waals surface area contributed by atoms with E-state index in [-0.39, 0.29) is 0 Å². The third-order valence-corrected chi connectivity index (χ3v) is 2.15. The maximum absolute atomic E-state index is 5.15. The second-order valence-corrected chi connectivity index (χ2v) is 3.69. The molecule has 0 aliphatic rings. The average molecular weight is 190 g/mol. The molecule has 1 heteroatoms. The Labute approximate surface area is 86.4 Å². The van der Waals surface area contributed by atoms with Gasteiger partial charge in [0.1, 0.15) is 0 Å². The molecule has 0 bridgehead atoms. The van der Waals surface area contributed by atoms with Crippen LogP contribution in [-0.4, -0.2) is 7.11 Å². The minimum atomic E-state index is 0.701. The fraction of sp³-hybridized carbons (Fsp3) is 0.385. The molecule has 0 spiro atoms. The number of rotatable bonds is 4. The van der Waals surface area contributed by atoms with Crippen molar-refractivity contribution in [2.24, 2.45) is 0 Å². The van der Waals surface area contributed by atoms with Gasteiger partial charge in [-0.2, -0.15) is 0 Å². The van der Waals surface area contributed by atoms with E-state index < -0.39 is 0 Å². The van der Waals surface area contributed by atoms with Gasteiger partial charge in [-0.1, -0.05) is 35.9 Å². The number of hydrogen-bond acceptors (Lipinski definition) is 1. The molecule has 0 amide bonds. The molecule has 0 unspecified atom stereocenters. The summed E-state index contributed by atoms with van der Waals surface area (Å²) in [5, 5.41) is 0. The van der Waals surface area contributed by atoms with Gasteiger partial charge in [-0.3, -0.25) is 0 Å². The first-order chi connectivity index (χ1) is 6.74. The predicted octanol–water partition coefficient (Wildman–Crippen LogP) is 3.34. The van der Waals surface area contributed by atoms with Gasteiger partial charge in [0.25, 0.3) is 0 Å². The maximum atomic E-state index is 5.15. The van der Waals surface area contributed by atoms with E-state index in [0.717, 1.165) is 6.42 Å². The molecule has 0 N–H and O–H groups in total. The van der Waals surface area contributed by atoms with E-state index in [9.17, 15) is 0 Å². The van der Waals surface area contributed by atoms with E-state index in [4.69, 9.17) is 4.74 Å². The van der Waals surface area contributed by atoms with E-state index in [1.54, 1.807) is 7.11 Å². The van der Waals surface area contributed by atoms with Gasteiger partial charge >= 0.3 is 0 Å². The van der Waals surface area contributed by atoms with Gasteiger partial charge in [-0.25, -0.2) is 0 Å². The van der Waals surface area contributed by atoms with Crippen LogP contribution in [0.4, 0.5) is 0 Å². The van der Waals surface area contributed by atoms with Crippen molar-refractivity contribution in [2.45, 2.75) is 26.9 Å². The molecule has 76 valence electrons. The number of methoxy groups -OCH3 is 1. The van der Waals surface area contributed by atoms with Crippen molar-refractivity contribution in [1.82, 2.24) is 0 Å². The lowest BCUT2D eigenvalue weighted by Crippen LogP contribution is -1.94. The number of hydrogen-bond donors (Lipinski definition) is 0. The van der Waals surface area contributed by atoms with Gasteiger partial charge in [0.05, 0.1) is 6.61 Å². The molecule has 1 rings (SSSR count). The quantitative estimate of drug-likeness (QED) is 0.662. The lowest BCUT2D eigenvalue weighted by molar-refractivity contribution is 0.184. The minimum absolute atomic E-state index is 0.701. The molecule has 0 heterocycles. The van der Waals surface area contributed by atoms with Crippen LogP contribution in [0.3, 0.4) is 0 Å². The standard InChI is InChI=1S/C13H18O/c1-11(2)8-9-12-6-4-5-7-13(12)10-14-3/h4-8H,9-10H2,1-3H3. The summed E-state index contributed by atoms with van der Waals surface area (Å²) in [4.78, 5) is 0. The Morgan fingerprint density at radius 1 is 1.21 bits per heavy atom. The van der Waals surface area contributed by atoms with Crippen molar-refractivity contribution in [3.63, 3.8) is 0 Å². The number of allylic oxidation sites excluding steroid dienone is 2. The summed E-state index contributed by atoms with van der Waals surface area (Å²) in [5.41, 5.74) is 4.00. The lowest BCUT2D eigenvalue weighted by Gasteiger charge is -2.06. The SMILES string of the molecule is COCc1ccccc1CC=C(C)C. The first kappa shape index (κ1) is 11.0. The number of benzene rings is 1. The Balaban J connectivity index is 2.79. The molecule has 0 radical (unpaired) electrons. The van der Waals surface area contributed by atoms with Gasteiger partial charge in [0, 0.05) is 7.11 Å². The van der Waals surface area contributed by atoms with Gasteiger partial charge in [-0.05, 0) is 31.4 Å². The first-order valence-corrected chi connectivity index (χ1v) is 4.93. The van der Waals surface area contributed by atoms with E-state index >= 15 is 0 Å².